The normalized spacial score (nSPS) is 18.6. The molecule has 0 bridgehead atoms. The van der Waals surface area contributed by atoms with Crippen molar-refractivity contribution in [1.29, 1.82) is 0 Å². The maximum Gasteiger partial charge on any atom is 0.248 e. The van der Waals surface area contributed by atoms with Crippen LogP contribution in [-0.4, -0.2) is 71.2 Å². The molecule has 0 aliphatic carbocycles. The van der Waals surface area contributed by atoms with Crippen molar-refractivity contribution in [2.24, 2.45) is 0 Å². The van der Waals surface area contributed by atoms with Gasteiger partial charge in [0.15, 0.2) is 0 Å². The fourth-order valence-corrected chi connectivity index (χ4v) is 4.66. The van der Waals surface area contributed by atoms with Crippen molar-refractivity contribution >= 4 is 27.3 Å². The van der Waals surface area contributed by atoms with Crippen molar-refractivity contribution in [1.82, 2.24) is 4.31 Å². The zero-order valence-corrected chi connectivity index (χ0v) is 17.1. The summed E-state index contributed by atoms with van der Waals surface area (Å²) in [6.45, 7) is 7.64. The Bertz CT molecular complexity index is 837. The van der Waals surface area contributed by atoms with Crippen molar-refractivity contribution in [3.8, 4) is 0 Å². The Morgan fingerprint density at radius 1 is 1.04 bits per heavy atom. The van der Waals surface area contributed by atoms with E-state index in [0.717, 1.165) is 11.3 Å². The molecule has 3 rings (SSSR count). The molecule has 154 valence electrons. The minimum atomic E-state index is -3.65. The molecular weight excluding hydrogens is 382 g/mol. The lowest BCUT2D eigenvalue weighted by Gasteiger charge is -2.31. The van der Waals surface area contributed by atoms with Crippen molar-refractivity contribution in [2.75, 3.05) is 62.8 Å². The van der Waals surface area contributed by atoms with Gasteiger partial charge in [0, 0.05) is 32.3 Å². The highest BCUT2D eigenvalue weighted by Gasteiger charge is 2.28. The minimum Gasteiger partial charge on any atom is -0.379 e. The third-order valence-corrected chi connectivity index (χ3v) is 6.50. The molecular formula is C19H27N3O5S. The number of sulfonamides is 1. The summed E-state index contributed by atoms with van der Waals surface area (Å²) in [5.41, 5.74) is 2.14. The van der Waals surface area contributed by atoms with Crippen LogP contribution in [0.2, 0.25) is 0 Å². The van der Waals surface area contributed by atoms with E-state index in [-0.39, 0.29) is 10.8 Å². The molecule has 0 radical (unpaired) electrons. The maximum atomic E-state index is 13.0. The van der Waals surface area contributed by atoms with Crippen molar-refractivity contribution in [2.45, 2.75) is 18.7 Å². The molecule has 2 aliphatic rings. The number of rotatable bonds is 5. The number of hydrogen-bond donors (Lipinski definition) is 1. The number of benzene rings is 1. The Morgan fingerprint density at radius 2 is 1.64 bits per heavy atom. The van der Waals surface area contributed by atoms with Gasteiger partial charge in [0.25, 0.3) is 0 Å². The Labute approximate surface area is 166 Å². The van der Waals surface area contributed by atoms with Crippen LogP contribution in [0.15, 0.2) is 34.7 Å². The predicted molar refractivity (Wildman–Crippen MR) is 107 cm³/mol. The van der Waals surface area contributed by atoms with E-state index in [9.17, 15) is 13.2 Å². The molecule has 9 heteroatoms. The molecule has 2 heterocycles. The highest BCUT2D eigenvalue weighted by atomic mass is 32.2. The van der Waals surface area contributed by atoms with Crippen molar-refractivity contribution in [3.63, 3.8) is 0 Å². The van der Waals surface area contributed by atoms with Crippen LogP contribution in [0.25, 0.3) is 0 Å². The molecule has 1 aromatic carbocycles. The van der Waals surface area contributed by atoms with E-state index in [0.29, 0.717) is 58.3 Å². The summed E-state index contributed by atoms with van der Waals surface area (Å²) in [5, 5.41) is 2.85. The summed E-state index contributed by atoms with van der Waals surface area (Å²) in [6.07, 6.45) is 1.49. The summed E-state index contributed by atoms with van der Waals surface area (Å²) in [4.78, 5) is 14.6. The monoisotopic (exact) mass is 409 g/mol. The Kier molecular flexibility index (Phi) is 6.71. The molecule has 0 spiro atoms. The molecule has 0 saturated carbocycles. The number of carbonyl (C=O) groups excluding carboxylic acids is 1. The molecule has 1 N–H and O–H groups in total. The van der Waals surface area contributed by atoms with Gasteiger partial charge in [0.05, 0.1) is 42.7 Å². The van der Waals surface area contributed by atoms with E-state index in [1.165, 1.54) is 10.4 Å². The molecule has 2 aliphatic heterocycles. The minimum absolute atomic E-state index is 0.166. The van der Waals surface area contributed by atoms with Gasteiger partial charge in [-0.2, -0.15) is 4.31 Å². The van der Waals surface area contributed by atoms with Crippen LogP contribution >= 0.6 is 0 Å². The zero-order chi connectivity index (χ0) is 20.1. The van der Waals surface area contributed by atoms with Crippen LogP contribution in [0, 0.1) is 0 Å². The fourth-order valence-electron chi connectivity index (χ4n) is 3.22. The van der Waals surface area contributed by atoms with Gasteiger partial charge in [-0.3, -0.25) is 4.79 Å². The number of amides is 1. The molecule has 1 amide bonds. The van der Waals surface area contributed by atoms with Crippen LogP contribution < -0.4 is 10.2 Å². The summed E-state index contributed by atoms with van der Waals surface area (Å²) < 4.78 is 38.1. The van der Waals surface area contributed by atoms with E-state index in [1.807, 2.05) is 13.8 Å². The zero-order valence-electron chi connectivity index (χ0n) is 16.3. The predicted octanol–water partition coefficient (Wildman–Crippen LogP) is 1.45. The molecule has 2 saturated heterocycles. The van der Waals surface area contributed by atoms with Crippen LogP contribution in [0.3, 0.4) is 0 Å². The third kappa shape index (κ3) is 4.91. The smallest absolute Gasteiger partial charge is 0.248 e. The summed E-state index contributed by atoms with van der Waals surface area (Å²) in [5.74, 6) is -0.282. The van der Waals surface area contributed by atoms with Crippen LogP contribution in [-0.2, 0) is 24.3 Å². The quantitative estimate of drug-likeness (QED) is 0.741. The van der Waals surface area contributed by atoms with E-state index in [1.54, 1.807) is 18.2 Å². The summed E-state index contributed by atoms with van der Waals surface area (Å²) in [6, 6.07) is 4.91. The number of morpholine rings is 2. The first-order valence-corrected chi connectivity index (χ1v) is 10.8. The number of hydrogen-bond acceptors (Lipinski definition) is 6. The maximum absolute atomic E-state index is 13.0. The number of allylic oxidation sites excluding steroid dienone is 1. The molecule has 0 atom stereocenters. The van der Waals surface area contributed by atoms with Crippen LogP contribution in [0.4, 0.5) is 11.4 Å². The molecule has 2 fully saturated rings. The lowest BCUT2D eigenvalue weighted by Crippen LogP contribution is -2.40. The first-order valence-electron chi connectivity index (χ1n) is 9.38. The van der Waals surface area contributed by atoms with Crippen molar-refractivity contribution in [3.05, 3.63) is 29.8 Å². The second-order valence-corrected chi connectivity index (χ2v) is 8.94. The number of anilines is 2. The Morgan fingerprint density at radius 3 is 2.25 bits per heavy atom. The fraction of sp³-hybridized carbons (Fsp3) is 0.526. The van der Waals surface area contributed by atoms with E-state index >= 15 is 0 Å². The van der Waals surface area contributed by atoms with Gasteiger partial charge < -0.3 is 19.7 Å². The van der Waals surface area contributed by atoms with Gasteiger partial charge in [0.1, 0.15) is 0 Å². The van der Waals surface area contributed by atoms with Crippen LogP contribution in [0.1, 0.15) is 13.8 Å². The first kappa shape index (κ1) is 20.8. The highest BCUT2D eigenvalue weighted by molar-refractivity contribution is 7.89. The molecule has 28 heavy (non-hydrogen) atoms. The average Bonchev–Trinajstić information content (AvgIpc) is 2.68. The molecule has 1 aromatic rings. The molecule has 8 nitrogen and oxygen atoms in total. The second kappa shape index (κ2) is 9.04. The SMILES string of the molecule is CC(C)=CC(=O)Nc1cc(S(=O)(=O)N2CCOCC2)ccc1N1CCOCC1. The molecule has 0 aromatic heterocycles. The number of carbonyl (C=O) groups is 1. The summed E-state index contributed by atoms with van der Waals surface area (Å²) in [7, 11) is -3.65. The Balaban J connectivity index is 1.95. The van der Waals surface area contributed by atoms with Gasteiger partial charge in [0.2, 0.25) is 15.9 Å². The van der Waals surface area contributed by atoms with Gasteiger partial charge in [-0.15, -0.1) is 0 Å². The van der Waals surface area contributed by atoms with Gasteiger partial charge in [-0.1, -0.05) is 5.57 Å². The van der Waals surface area contributed by atoms with Gasteiger partial charge >= 0.3 is 0 Å². The second-order valence-electron chi connectivity index (χ2n) is 7.01. The van der Waals surface area contributed by atoms with E-state index in [4.69, 9.17) is 9.47 Å². The van der Waals surface area contributed by atoms with E-state index < -0.39 is 10.0 Å². The largest absolute Gasteiger partial charge is 0.379 e. The topological polar surface area (TPSA) is 88.2 Å². The van der Waals surface area contributed by atoms with Crippen LogP contribution in [0.5, 0.6) is 0 Å². The highest BCUT2D eigenvalue weighted by Crippen LogP contribution is 2.31. The van der Waals surface area contributed by atoms with Gasteiger partial charge in [-0.05, 0) is 32.0 Å². The van der Waals surface area contributed by atoms with E-state index in [2.05, 4.69) is 10.2 Å². The molecule has 0 unspecified atom stereocenters. The number of ether oxygens (including phenoxy) is 2. The third-order valence-electron chi connectivity index (χ3n) is 4.61. The standard InChI is InChI=1S/C19H27N3O5S/c1-15(2)13-19(23)20-17-14-16(28(24,25)22-7-11-27-12-8-22)3-4-18(17)21-5-9-26-10-6-21/h3-4,13-14H,5-12H2,1-2H3,(H,20,23). The average molecular weight is 410 g/mol. The van der Waals surface area contributed by atoms with Crippen molar-refractivity contribution < 1.29 is 22.7 Å². The number of nitrogens with zero attached hydrogens (tertiary/aromatic N) is 2. The lowest BCUT2D eigenvalue weighted by molar-refractivity contribution is -0.111. The number of nitrogens with one attached hydrogen (secondary N) is 1. The lowest BCUT2D eigenvalue weighted by atomic mass is 10.2. The Hall–Kier alpha value is -1.94. The summed E-state index contributed by atoms with van der Waals surface area (Å²) >= 11 is 0. The first-order chi connectivity index (χ1) is 13.4. The van der Waals surface area contributed by atoms with Gasteiger partial charge in [-0.25, -0.2) is 8.42 Å².